The van der Waals surface area contributed by atoms with E-state index in [1.165, 1.54) is 32.1 Å². The van der Waals surface area contributed by atoms with Crippen molar-refractivity contribution < 1.29 is 9.84 Å². The van der Waals surface area contributed by atoms with Crippen LogP contribution < -0.4 is 0 Å². The number of unbranched alkanes of at least 4 members (excludes halogenated alkanes) is 2. The topological polar surface area (TPSA) is 29.5 Å². The summed E-state index contributed by atoms with van der Waals surface area (Å²) in [5.41, 5.74) is 0. The van der Waals surface area contributed by atoms with E-state index in [0.29, 0.717) is 5.92 Å². The molecular weight excluding hydrogens is 176 g/mol. The molecule has 0 aliphatic heterocycles. The first-order chi connectivity index (χ1) is 6.84. The average Bonchev–Trinajstić information content (AvgIpc) is 2.58. The Morgan fingerprint density at radius 3 is 2.71 bits per heavy atom. The van der Waals surface area contributed by atoms with E-state index in [2.05, 4.69) is 6.92 Å². The molecule has 2 atom stereocenters. The van der Waals surface area contributed by atoms with Crippen molar-refractivity contribution in [1.82, 2.24) is 0 Å². The first-order valence-corrected chi connectivity index (χ1v) is 6.10. The molecule has 0 radical (unpaired) electrons. The Kier molecular flexibility index (Phi) is 6.20. The van der Waals surface area contributed by atoms with Crippen molar-refractivity contribution in [2.45, 2.75) is 58.0 Å². The fourth-order valence-corrected chi connectivity index (χ4v) is 2.14. The van der Waals surface area contributed by atoms with E-state index in [1.54, 1.807) is 0 Å². The molecule has 2 heteroatoms. The van der Waals surface area contributed by atoms with E-state index in [0.717, 1.165) is 26.1 Å². The monoisotopic (exact) mass is 200 g/mol. The number of rotatable bonds is 7. The van der Waals surface area contributed by atoms with E-state index in [-0.39, 0.29) is 6.10 Å². The van der Waals surface area contributed by atoms with Gasteiger partial charge in [-0.05, 0) is 31.6 Å². The van der Waals surface area contributed by atoms with Crippen LogP contribution in [0.15, 0.2) is 0 Å². The molecule has 1 fully saturated rings. The Morgan fingerprint density at radius 2 is 2.07 bits per heavy atom. The van der Waals surface area contributed by atoms with Gasteiger partial charge >= 0.3 is 0 Å². The van der Waals surface area contributed by atoms with Gasteiger partial charge in [-0.3, -0.25) is 0 Å². The van der Waals surface area contributed by atoms with Gasteiger partial charge in [-0.15, -0.1) is 0 Å². The predicted octanol–water partition coefficient (Wildman–Crippen LogP) is 2.74. The lowest BCUT2D eigenvalue weighted by Crippen LogP contribution is -2.15. The molecule has 0 bridgehead atoms. The second kappa shape index (κ2) is 7.24. The maximum absolute atomic E-state index is 9.57. The quantitative estimate of drug-likeness (QED) is 0.640. The Bertz CT molecular complexity index is 136. The minimum atomic E-state index is -0.0470. The van der Waals surface area contributed by atoms with Crippen LogP contribution in [0, 0.1) is 5.92 Å². The van der Waals surface area contributed by atoms with Gasteiger partial charge in [0.2, 0.25) is 0 Å². The molecule has 1 rings (SSSR count). The normalized spacial score (nSPS) is 27.0. The smallest absolute Gasteiger partial charge is 0.0569 e. The third-order valence-electron chi connectivity index (χ3n) is 3.14. The molecule has 0 spiro atoms. The summed E-state index contributed by atoms with van der Waals surface area (Å²) in [6.45, 7) is 3.94. The third-order valence-corrected chi connectivity index (χ3v) is 3.14. The molecule has 84 valence electrons. The maximum Gasteiger partial charge on any atom is 0.0569 e. The summed E-state index contributed by atoms with van der Waals surface area (Å²) >= 11 is 0. The highest BCUT2D eigenvalue weighted by atomic mass is 16.5. The summed E-state index contributed by atoms with van der Waals surface area (Å²) in [6, 6.07) is 0. The zero-order valence-corrected chi connectivity index (χ0v) is 9.37. The van der Waals surface area contributed by atoms with Crippen LogP contribution in [0.2, 0.25) is 0 Å². The first kappa shape index (κ1) is 12.0. The minimum absolute atomic E-state index is 0.0470. The van der Waals surface area contributed by atoms with Crippen LogP contribution in [0.3, 0.4) is 0 Å². The lowest BCUT2D eigenvalue weighted by Gasteiger charge is -2.13. The fourth-order valence-electron chi connectivity index (χ4n) is 2.14. The third kappa shape index (κ3) is 4.43. The molecular formula is C12H24O2. The second-order valence-electron chi connectivity index (χ2n) is 4.37. The highest BCUT2D eigenvalue weighted by Gasteiger charge is 2.24. The molecule has 0 aromatic rings. The van der Waals surface area contributed by atoms with Crippen LogP contribution in [-0.2, 0) is 4.74 Å². The molecule has 2 unspecified atom stereocenters. The molecule has 0 heterocycles. The number of hydrogen-bond acceptors (Lipinski definition) is 2. The zero-order valence-electron chi connectivity index (χ0n) is 9.37. The molecule has 1 aliphatic carbocycles. The van der Waals surface area contributed by atoms with Gasteiger partial charge in [0, 0.05) is 13.2 Å². The Morgan fingerprint density at radius 1 is 1.21 bits per heavy atom. The number of aliphatic hydroxyl groups excluding tert-OH is 1. The molecule has 14 heavy (non-hydrogen) atoms. The molecule has 0 amide bonds. The predicted molar refractivity (Wildman–Crippen MR) is 58.3 cm³/mol. The van der Waals surface area contributed by atoms with Crippen LogP contribution in [0.1, 0.15) is 51.9 Å². The summed E-state index contributed by atoms with van der Waals surface area (Å²) in [5.74, 6) is 0.515. The van der Waals surface area contributed by atoms with E-state index in [4.69, 9.17) is 4.74 Å². The highest BCUT2D eigenvalue weighted by molar-refractivity contribution is 4.76. The van der Waals surface area contributed by atoms with Crippen LogP contribution in [0.25, 0.3) is 0 Å². The maximum atomic E-state index is 9.57. The lowest BCUT2D eigenvalue weighted by molar-refractivity contribution is 0.0796. The molecule has 0 aromatic heterocycles. The number of aliphatic hydroxyl groups is 1. The summed E-state index contributed by atoms with van der Waals surface area (Å²) in [6.07, 6.45) is 8.10. The molecule has 1 N–H and O–H groups in total. The van der Waals surface area contributed by atoms with Crippen molar-refractivity contribution in [3.63, 3.8) is 0 Å². The second-order valence-corrected chi connectivity index (χ2v) is 4.37. The summed E-state index contributed by atoms with van der Waals surface area (Å²) in [5, 5.41) is 9.57. The van der Waals surface area contributed by atoms with Gasteiger partial charge in [0.1, 0.15) is 0 Å². The van der Waals surface area contributed by atoms with Gasteiger partial charge in [0.25, 0.3) is 0 Å². The van der Waals surface area contributed by atoms with Gasteiger partial charge in [-0.2, -0.15) is 0 Å². The Hall–Kier alpha value is -0.0800. The summed E-state index contributed by atoms with van der Waals surface area (Å²) in [4.78, 5) is 0. The lowest BCUT2D eigenvalue weighted by atomic mass is 10.0. The van der Waals surface area contributed by atoms with Crippen molar-refractivity contribution in [2.75, 3.05) is 13.2 Å². The average molecular weight is 200 g/mol. The van der Waals surface area contributed by atoms with Gasteiger partial charge in [0.15, 0.2) is 0 Å². The Labute approximate surface area is 87.7 Å². The van der Waals surface area contributed by atoms with Gasteiger partial charge in [0.05, 0.1) is 6.10 Å². The molecule has 2 nitrogen and oxygen atoms in total. The van der Waals surface area contributed by atoms with Crippen molar-refractivity contribution in [1.29, 1.82) is 0 Å². The van der Waals surface area contributed by atoms with Crippen LogP contribution >= 0.6 is 0 Å². The minimum Gasteiger partial charge on any atom is -0.393 e. The zero-order chi connectivity index (χ0) is 10.2. The van der Waals surface area contributed by atoms with E-state index < -0.39 is 0 Å². The molecule has 1 saturated carbocycles. The van der Waals surface area contributed by atoms with Gasteiger partial charge in [-0.1, -0.05) is 26.2 Å². The van der Waals surface area contributed by atoms with E-state index >= 15 is 0 Å². The van der Waals surface area contributed by atoms with E-state index in [1.807, 2.05) is 0 Å². The van der Waals surface area contributed by atoms with Gasteiger partial charge < -0.3 is 9.84 Å². The van der Waals surface area contributed by atoms with E-state index in [9.17, 15) is 5.11 Å². The van der Waals surface area contributed by atoms with Crippen LogP contribution in [-0.4, -0.2) is 24.4 Å². The Balaban J connectivity index is 1.88. The van der Waals surface area contributed by atoms with Crippen molar-refractivity contribution in [3.05, 3.63) is 0 Å². The van der Waals surface area contributed by atoms with Gasteiger partial charge in [-0.25, -0.2) is 0 Å². The van der Waals surface area contributed by atoms with Crippen molar-refractivity contribution in [2.24, 2.45) is 5.92 Å². The molecule has 0 saturated heterocycles. The summed E-state index contributed by atoms with van der Waals surface area (Å²) in [7, 11) is 0. The standard InChI is InChI=1S/C12H24O2/c1-2-3-4-9-14-10-8-11-6-5-7-12(11)13/h11-13H,2-10H2,1H3. The highest BCUT2D eigenvalue weighted by Crippen LogP contribution is 2.27. The number of ether oxygens (including phenoxy) is 1. The SMILES string of the molecule is CCCCCOCCC1CCCC1O. The summed E-state index contributed by atoms with van der Waals surface area (Å²) < 4.78 is 5.53. The fraction of sp³-hybridized carbons (Fsp3) is 1.00. The number of hydrogen-bond donors (Lipinski definition) is 1. The first-order valence-electron chi connectivity index (χ1n) is 6.10. The van der Waals surface area contributed by atoms with Crippen molar-refractivity contribution in [3.8, 4) is 0 Å². The molecule has 1 aliphatic rings. The molecule has 0 aromatic carbocycles. The van der Waals surface area contributed by atoms with Crippen molar-refractivity contribution >= 4 is 0 Å². The van der Waals surface area contributed by atoms with Crippen LogP contribution in [0.4, 0.5) is 0 Å². The van der Waals surface area contributed by atoms with Crippen LogP contribution in [0.5, 0.6) is 0 Å². The largest absolute Gasteiger partial charge is 0.393 e.